The van der Waals surface area contributed by atoms with Gasteiger partial charge in [-0.05, 0) is 77.3 Å². The van der Waals surface area contributed by atoms with Gasteiger partial charge in [0.15, 0.2) is 0 Å². The number of aryl methyl sites for hydroxylation is 1. The third-order valence-electron chi connectivity index (χ3n) is 7.16. The number of hydrogen-bond acceptors (Lipinski definition) is 2. The van der Waals surface area contributed by atoms with Crippen LogP contribution in [0.3, 0.4) is 0 Å². The standard InChI is InChI=1S/C30H32N2O/c1-19-8-5-6-9-23(19)28-25-11-7-10-24(25)26-18-22(16-17-27(26)32-28)31-29(33)20-12-14-21(15-13-20)30(2,3)4/h5-10,12-18,24-25,28,32H,11H2,1-4H3,(H,31,33). The predicted molar refractivity (Wildman–Crippen MR) is 137 cm³/mol. The monoisotopic (exact) mass is 436 g/mol. The van der Waals surface area contributed by atoms with Crippen LogP contribution in [0.15, 0.2) is 78.9 Å². The van der Waals surface area contributed by atoms with Gasteiger partial charge >= 0.3 is 0 Å². The fraction of sp³-hybridized carbons (Fsp3) is 0.300. The Morgan fingerprint density at radius 3 is 2.45 bits per heavy atom. The fourth-order valence-electron chi connectivity index (χ4n) is 5.24. The highest BCUT2D eigenvalue weighted by atomic mass is 16.1. The Hall–Kier alpha value is -3.33. The average Bonchev–Trinajstić information content (AvgIpc) is 3.29. The molecule has 1 aliphatic carbocycles. The molecule has 2 N–H and O–H groups in total. The molecule has 3 heteroatoms. The van der Waals surface area contributed by atoms with Gasteiger partial charge in [-0.25, -0.2) is 0 Å². The van der Waals surface area contributed by atoms with Crippen molar-refractivity contribution < 1.29 is 4.79 Å². The largest absolute Gasteiger partial charge is 0.378 e. The van der Waals surface area contributed by atoms with Crippen LogP contribution in [0.1, 0.15) is 71.8 Å². The second kappa shape index (κ2) is 8.22. The Labute approximate surface area is 196 Å². The molecule has 1 aliphatic heterocycles. The summed E-state index contributed by atoms with van der Waals surface area (Å²) in [6.45, 7) is 8.73. The number of hydrogen-bond donors (Lipinski definition) is 2. The van der Waals surface area contributed by atoms with Crippen molar-refractivity contribution in [3.8, 4) is 0 Å². The maximum absolute atomic E-state index is 12.9. The van der Waals surface area contributed by atoms with Crippen molar-refractivity contribution in [3.63, 3.8) is 0 Å². The first-order valence-corrected chi connectivity index (χ1v) is 11.9. The SMILES string of the molecule is Cc1ccccc1C1Nc2ccc(NC(=O)c3ccc(C(C)(C)C)cc3)cc2C2C=CCC21. The molecule has 168 valence electrons. The van der Waals surface area contributed by atoms with Gasteiger partial charge in [0, 0.05) is 22.9 Å². The second-order valence-electron chi connectivity index (χ2n) is 10.4. The van der Waals surface area contributed by atoms with Crippen LogP contribution in [-0.2, 0) is 5.41 Å². The number of carbonyl (C=O) groups is 1. The quantitative estimate of drug-likeness (QED) is 0.421. The molecule has 0 saturated carbocycles. The zero-order valence-corrected chi connectivity index (χ0v) is 19.9. The van der Waals surface area contributed by atoms with E-state index in [4.69, 9.17) is 0 Å². The van der Waals surface area contributed by atoms with Crippen LogP contribution in [0, 0.1) is 12.8 Å². The van der Waals surface area contributed by atoms with Gasteiger partial charge in [0.25, 0.3) is 5.91 Å². The minimum absolute atomic E-state index is 0.0714. The number of benzene rings is 3. The molecule has 3 nitrogen and oxygen atoms in total. The van der Waals surface area contributed by atoms with Crippen LogP contribution in [0.25, 0.3) is 0 Å². The van der Waals surface area contributed by atoms with E-state index in [1.807, 2.05) is 30.3 Å². The lowest BCUT2D eigenvalue weighted by molar-refractivity contribution is 0.102. The minimum Gasteiger partial charge on any atom is -0.378 e. The van der Waals surface area contributed by atoms with Crippen LogP contribution in [0.5, 0.6) is 0 Å². The third kappa shape index (κ3) is 4.08. The number of amides is 1. The van der Waals surface area contributed by atoms with E-state index in [2.05, 4.69) is 86.9 Å². The van der Waals surface area contributed by atoms with Gasteiger partial charge in [-0.2, -0.15) is 0 Å². The summed E-state index contributed by atoms with van der Waals surface area (Å²) >= 11 is 0. The Morgan fingerprint density at radius 2 is 1.73 bits per heavy atom. The Morgan fingerprint density at radius 1 is 0.970 bits per heavy atom. The molecule has 0 fully saturated rings. The van der Waals surface area contributed by atoms with E-state index >= 15 is 0 Å². The van der Waals surface area contributed by atoms with Gasteiger partial charge in [0.1, 0.15) is 0 Å². The van der Waals surface area contributed by atoms with E-state index in [1.165, 1.54) is 22.3 Å². The van der Waals surface area contributed by atoms with E-state index in [-0.39, 0.29) is 11.3 Å². The number of fused-ring (bicyclic) bond motifs is 3. The minimum atomic E-state index is -0.0736. The van der Waals surface area contributed by atoms with Crippen LogP contribution in [0.4, 0.5) is 11.4 Å². The first-order chi connectivity index (χ1) is 15.8. The summed E-state index contributed by atoms with van der Waals surface area (Å²) in [5.74, 6) is 0.763. The van der Waals surface area contributed by atoms with Gasteiger partial charge < -0.3 is 10.6 Å². The number of nitrogens with one attached hydrogen (secondary N) is 2. The van der Waals surface area contributed by atoms with Crippen molar-refractivity contribution in [3.05, 3.63) is 107 Å². The lowest BCUT2D eigenvalue weighted by Crippen LogP contribution is -2.29. The molecule has 0 aromatic heterocycles. The van der Waals surface area contributed by atoms with E-state index in [1.54, 1.807) is 0 Å². The zero-order valence-electron chi connectivity index (χ0n) is 19.9. The first-order valence-electron chi connectivity index (χ1n) is 11.9. The third-order valence-corrected chi connectivity index (χ3v) is 7.16. The Balaban J connectivity index is 1.39. The molecule has 3 aromatic carbocycles. The highest BCUT2D eigenvalue weighted by molar-refractivity contribution is 6.04. The van der Waals surface area contributed by atoms with Gasteiger partial charge in [0.05, 0.1) is 6.04 Å². The van der Waals surface area contributed by atoms with Crippen molar-refractivity contribution >= 4 is 17.3 Å². The van der Waals surface area contributed by atoms with E-state index in [0.29, 0.717) is 23.4 Å². The molecule has 2 aliphatic rings. The summed E-state index contributed by atoms with van der Waals surface area (Å²) in [7, 11) is 0. The van der Waals surface area contributed by atoms with E-state index < -0.39 is 0 Å². The molecule has 33 heavy (non-hydrogen) atoms. The van der Waals surface area contributed by atoms with Crippen molar-refractivity contribution in [2.24, 2.45) is 5.92 Å². The molecule has 3 atom stereocenters. The fourth-order valence-corrected chi connectivity index (χ4v) is 5.24. The maximum Gasteiger partial charge on any atom is 0.255 e. The number of anilines is 2. The lowest BCUT2D eigenvalue weighted by Gasteiger charge is -2.38. The van der Waals surface area contributed by atoms with Crippen LogP contribution >= 0.6 is 0 Å². The summed E-state index contributed by atoms with van der Waals surface area (Å²) in [5, 5.41) is 6.91. The number of allylic oxidation sites excluding steroid dienone is 2. The molecule has 0 spiro atoms. The van der Waals surface area contributed by atoms with E-state index in [9.17, 15) is 4.79 Å². The second-order valence-corrected chi connectivity index (χ2v) is 10.4. The predicted octanol–water partition coefficient (Wildman–Crippen LogP) is 7.37. The number of rotatable bonds is 3. The van der Waals surface area contributed by atoms with Crippen LogP contribution in [-0.4, -0.2) is 5.91 Å². The zero-order chi connectivity index (χ0) is 23.2. The lowest BCUT2D eigenvalue weighted by atomic mass is 9.76. The van der Waals surface area contributed by atoms with Crippen LogP contribution < -0.4 is 10.6 Å². The smallest absolute Gasteiger partial charge is 0.255 e. The van der Waals surface area contributed by atoms with E-state index in [0.717, 1.165) is 17.8 Å². The summed E-state index contributed by atoms with van der Waals surface area (Å²) < 4.78 is 0. The molecule has 3 unspecified atom stereocenters. The summed E-state index contributed by atoms with van der Waals surface area (Å²) in [6, 6.07) is 23.1. The van der Waals surface area contributed by atoms with Crippen LogP contribution in [0.2, 0.25) is 0 Å². The molecule has 0 radical (unpaired) electrons. The van der Waals surface area contributed by atoms with Gasteiger partial charge in [-0.1, -0.05) is 69.3 Å². The molecule has 0 bridgehead atoms. The number of carbonyl (C=O) groups excluding carboxylic acids is 1. The van der Waals surface area contributed by atoms with Crippen molar-refractivity contribution in [2.45, 2.75) is 51.5 Å². The molecule has 1 heterocycles. The van der Waals surface area contributed by atoms with Crippen molar-refractivity contribution in [1.29, 1.82) is 0 Å². The maximum atomic E-state index is 12.9. The summed E-state index contributed by atoms with van der Waals surface area (Å²) in [4.78, 5) is 12.9. The highest BCUT2D eigenvalue weighted by Crippen LogP contribution is 2.50. The van der Waals surface area contributed by atoms with Gasteiger partial charge in [0.2, 0.25) is 0 Å². The molecular formula is C30H32N2O. The van der Waals surface area contributed by atoms with Gasteiger partial charge in [-0.3, -0.25) is 4.79 Å². The Bertz CT molecular complexity index is 1220. The topological polar surface area (TPSA) is 41.1 Å². The molecule has 5 rings (SSSR count). The Kier molecular flexibility index (Phi) is 5.36. The highest BCUT2D eigenvalue weighted by Gasteiger charge is 2.38. The normalized spacial score (nSPS) is 21.2. The molecule has 3 aromatic rings. The molecular weight excluding hydrogens is 404 g/mol. The first kappa shape index (κ1) is 21.5. The average molecular weight is 437 g/mol. The molecule has 1 amide bonds. The summed E-state index contributed by atoms with van der Waals surface area (Å²) in [5.41, 5.74) is 7.93. The van der Waals surface area contributed by atoms with Gasteiger partial charge in [-0.15, -0.1) is 0 Å². The van der Waals surface area contributed by atoms with Crippen molar-refractivity contribution in [2.75, 3.05) is 10.6 Å². The molecule has 0 saturated heterocycles. The van der Waals surface area contributed by atoms with Crippen molar-refractivity contribution in [1.82, 2.24) is 0 Å². The summed E-state index contributed by atoms with van der Waals surface area (Å²) in [6.07, 6.45) is 5.71.